The maximum Gasteiger partial charge on any atom is 0.305 e. The number of hydrogen-bond donors (Lipinski definition) is 0. The molecule has 1 atom stereocenters. The topological polar surface area (TPSA) is 72.7 Å². The molecule has 0 spiro atoms. The molecule has 0 saturated carbocycles. The summed E-state index contributed by atoms with van der Waals surface area (Å²) >= 11 is 0. The van der Waals surface area contributed by atoms with Crippen LogP contribution in [-0.4, -0.2) is 36.0 Å². The van der Waals surface area contributed by atoms with E-state index < -0.39 is 4.92 Å². The van der Waals surface area contributed by atoms with Crippen LogP contribution in [0.15, 0.2) is 24.3 Å². The van der Waals surface area contributed by atoms with Gasteiger partial charge in [-0.1, -0.05) is 12.1 Å². The second-order valence-corrected chi connectivity index (χ2v) is 4.92. The Morgan fingerprint density at radius 3 is 2.81 bits per heavy atom. The highest BCUT2D eigenvalue weighted by Gasteiger charge is 2.15. The first kappa shape index (κ1) is 17.1. The van der Waals surface area contributed by atoms with Crippen LogP contribution in [0, 0.1) is 10.1 Å². The van der Waals surface area contributed by atoms with Crippen molar-refractivity contribution in [3.63, 3.8) is 0 Å². The number of carbonyl (C=O) groups excluding carboxylic acids is 1. The molecule has 6 nitrogen and oxygen atoms in total. The molecule has 0 aliphatic rings. The highest BCUT2D eigenvalue weighted by molar-refractivity contribution is 5.69. The third-order valence-corrected chi connectivity index (χ3v) is 3.42. The molecule has 0 amide bonds. The standard InChI is InChI=1S/C15H22N2O4/c1-4-21-15(18)9-6-10-16(3)12(2)13-7-5-8-14(11-13)17(19)20/h5,7-8,11-12H,4,6,9-10H2,1-3H3/t12-/m1/s1. The molecule has 0 bridgehead atoms. The third-order valence-electron chi connectivity index (χ3n) is 3.42. The van der Waals surface area contributed by atoms with Crippen LogP contribution < -0.4 is 0 Å². The first-order valence-corrected chi connectivity index (χ1v) is 7.06. The van der Waals surface area contributed by atoms with Crippen LogP contribution in [-0.2, 0) is 9.53 Å². The summed E-state index contributed by atoms with van der Waals surface area (Å²) in [5, 5.41) is 10.8. The minimum absolute atomic E-state index is 0.0482. The maximum atomic E-state index is 11.3. The van der Waals surface area contributed by atoms with E-state index in [2.05, 4.69) is 4.90 Å². The number of carbonyl (C=O) groups is 1. The predicted molar refractivity (Wildman–Crippen MR) is 80.0 cm³/mol. The van der Waals surface area contributed by atoms with Crippen molar-refractivity contribution in [2.75, 3.05) is 20.2 Å². The molecule has 0 aliphatic carbocycles. The Bertz CT molecular complexity index is 490. The summed E-state index contributed by atoms with van der Waals surface area (Å²) < 4.78 is 4.88. The molecule has 21 heavy (non-hydrogen) atoms. The minimum Gasteiger partial charge on any atom is -0.466 e. The van der Waals surface area contributed by atoms with Gasteiger partial charge in [-0.3, -0.25) is 19.8 Å². The summed E-state index contributed by atoms with van der Waals surface area (Å²) in [6, 6.07) is 6.69. The summed E-state index contributed by atoms with van der Waals surface area (Å²) in [4.78, 5) is 23.7. The number of ether oxygens (including phenoxy) is 1. The molecule has 116 valence electrons. The fourth-order valence-electron chi connectivity index (χ4n) is 2.05. The van der Waals surface area contributed by atoms with Gasteiger partial charge in [0, 0.05) is 24.6 Å². The number of non-ortho nitro benzene ring substituents is 1. The van der Waals surface area contributed by atoms with Crippen molar-refractivity contribution in [1.29, 1.82) is 0 Å². The fourth-order valence-corrected chi connectivity index (χ4v) is 2.05. The zero-order valence-corrected chi connectivity index (χ0v) is 12.7. The molecule has 0 unspecified atom stereocenters. The van der Waals surface area contributed by atoms with Crippen LogP contribution in [0.25, 0.3) is 0 Å². The lowest BCUT2D eigenvalue weighted by Gasteiger charge is -2.24. The van der Waals surface area contributed by atoms with Crippen molar-refractivity contribution in [2.45, 2.75) is 32.7 Å². The summed E-state index contributed by atoms with van der Waals surface area (Å²) in [5.41, 5.74) is 0.988. The lowest BCUT2D eigenvalue weighted by atomic mass is 10.1. The average Bonchev–Trinajstić information content (AvgIpc) is 2.46. The fraction of sp³-hybridized carbons (Fsp3) is 0.533. The molecule has 1 aromatic rings. The first-order valence-electron chi connectivity index (χ1n) is 7.06. The molecule has 6 heteroatoms. The number of esters is 1. The van der Waals surface area contributed by atoms with Gasteiger partial charge in [0.2, 0.25) is 0 Å². The van der Waals surface area contributed by atoms with Crippen molar-refractivity contribution < 1.29 is 14.5 Å². The molecule has 0 aliphatic heterocycles. The van der Waals surface area contributed by atoms with Gasteiger partial charge in [-0.25, -0.2) is 0 Å². The number of nitrogens with zero attached hydrogens (tertiary/aromatic N) is 2. The quantitative estimate of drug-likeness (QED) is 0.419. The van der Waals surface area contributed by atoms with Gasteiger partial charge in [-0.15, -0.1) is 0 Å². The van der Waals surface area contributed by atoms with Gasteiger partial charge in [0.15, 0.2) is 0 Å². The van der Waals surface area contributed by atoms with Crippen molar-refractivity contribution in [2.24, 2.45) is 0 Å². The van der Waals surface area contributed by atoms with E-state index in [0.29, 0.717) is 19.4 Å². The van der Waals surface area contributed by atoms with Gasteiger partial charge in [0.25, 0.3) is 5.69 Å². The minimum atomic E-state index is -0.392. The zero-order chi connectivity index (χ0) is 15.8. The predicted octanol–water partition coefficient (Wildman–Crippen LogP) is 2.93. The van der Waals surface area contributed by atoms with Gasteiger partial charge in [-0.05, 0) is 39.4 Å². The van der Waals surface area contributed by atoms with E-state index in [0.717, 1.165) is 12.1 Å². The Morgan fingerprint density at radius 1 is 1.48 bits per heavy atom. The van der Waals surface area contributed by atoms with Crippen LogP contribution in [0.1, 0.15) is 38.3 Å². The van der Waals surface area contributed by atoms with E-state index >= 15 is 0 Å². The van der Waals surface area contributed by atoms with Gasteiger partial charge < -0.3 is 4.74 Å². The Balaban J connectivity index is 2.54. The summed E-state index contributed by atoms with van der Waals surface area (Å²) in [6.07, 6.45) is 1.09. The number of nitro benzene ring substituents is 1. The van der Waals surface area contributed by atoms with E-state index in [9.17, 15) is 14.9 Å². The Hall–Kier alpha value is -1.95. The van der Waals surface area contributed by atoms with E-state index in [1.165, 1.54) is 6.07 Å². The van der Waals surface area contributed by atoms with Crippen LogP contribution in [0.5, 0.6) is 0 Å². The van der Waals surface area contributed by atoms with Crippen molar-refractivity contribution in [1.82, 2.24) is 4.90 Å². The number of benzene rings is 1. The van der Waals surface area contributed by atoms with Crippen LogP contribution in [0.4, 0.5) is 5.69 Å². The van der Waals surface area contributed by atoms with Gasteiger partial charge in [0.1, 0.15) is 0 Å². The van der Waals surface area contributed by atoms with E-state index in [1.54, 1.807) is 19.1 Å². The molecule has 0 heterocycles. The second-order valence-electron chi connectivity index (χ2n) is 4.92. The average molecular weight is 294 g/mol. The normalized spacial score (nSPS) is 12.2. The molecule has 0 fully saturated rings. The molecule has 0 N–H and O–H groups in total. The van der Waals surface area contributed by atoms with E-state index in [1.807, 2.05) is 20.0 Å². The van der Waals surface area contributed by atoms with Crippen LogP contribution >= 0.6 is 0 Å². The molecule has 0 aromatic heterocycles. The highest BCUT2D eigenvalue weighted by atomic mass is 16.6. The summed E-state index contributed by atoms with van der Waals surface area (Å²) in [6.45, 7) is 4.90. The van der Waals surface area contributed by atoms with Crippen LogP contribution in [0.3, 0.4) is 0 Å². The summed E-state index contributed by atoms with van der Waals surface area (Å²) in [5.74, 6) is -0.186. The van der Waals surface area contributed by atoms with Gasteiger partial charge in [0.05, 0.1) is 11.5 Å². The smallest absolute Gasteiger partial charge is 0.305 e. The molecular weight excluding hydrogens is 272 g/mol. The Labute approximate surface area is 124 Å². The molecule has 1 rings (SSSR count). The molecular formula is C15H22N2O4. The van der Waals surface area contributed by atoms with Crippen LogP contribution in [0.2, 0.25) is 0 Å². The lowest BCUT2D eigenvalue weighted by molar-refractivity contribution is -0.384. The second kappa shape index (κ2) is 8.36. The third kappa shape index (κ3) is 5.51. The van der Waals surface area contributed by atoms with Crippen molar-refractivity contribution in [3.8, 4) is 0 Å². The molecule has 0 radical (unpaired) electrons. The highest BCUT2D eigenvalue weighted by Crippen LogP contribution is 2.23. The van der Waals surface area contributed by atoms with E-state index in [4.69, 9.17) is 4.74 Å². The van der Waals surface area contributed by atoms with Crippen molar-refractivity contribution >= 4 is 11.7 Å². The number of rotatable bonds is 8. The SMILES string of the molecule is CCOC(=O)CCCN(C)[C@H](C)c1cccc([N+](=O)[O-])c1. The zero-order valence-electron chi connectivity index (χ0n) is 12.7. The van der Waals surface area contributed by atoms with Crippen molar-refractivity contribution in [3.05, 3.63) is 39.9 Å². The maximum absolute atomic E-state index is 11.3. The molecule has 0 saturated heterocycles. The Kier molecular flexibility index (Phi) is 6.81. The Morgan fingerprint density at radius 2 is 2.19 bits per heavy atom. The van der Waals surface area contributed by atoms with Gasteiger partial charge in [-0.2, -0.15) is 0 Å². The number of nitro groups is 1. The monoisotopic (exact) mass is 294 g/mol. The first-order chi connectivity index (χ1) is 9.95. The largest absolute Gasteiger partial charge is 0.466 e. The molecule has 1 aromatic carbocycles. The van der Waals surface area contributed by atoms with E-state index in [-0.39, 0.29) is 17.7 Å². The lowest BCUT2D eigenvalue weighted by Crippen LogP contribution is -2.24. The summed E-state index contributed by atoms with van der Waals surface area (Å²) in [7, 11) is 1.94. The van der Waals surface area contributed by atoms with Gasteiger partial charge >= 0.3 is 5.97 Å². The number of hydrogen-bond acceptors (Lipinski definition) is 5.